The summed E-state index contributed by atoms with van der Waals surface area (Å²) in [5, 5.41) is 9.58. The first-order chi connectivity index (χ1) is 7.28. The molecule has 0 aromatic carbocycles. The van der Waals surface area contributed by atoms with Crippen LogP contribution in [0.5, 0.6) is 0 Å². The molecule has 3 nitrogen and oxygen atoms in total. The van der Waals surface area contributed by atoms with E-state index in [-0.39, 0.29) is 17.6 Å². The molecule has 0 aromatic rings. The van der Waals surface area contributed by atoms with Gasteiger partial charge in [-0.05, 0) is 18.1 Å². The van der Waals surface area contributed by atoms with Crippen molar-refractivity contribution in [1.82, 2.24) is 0 Å². The monoisotopic (exact) mass is 246 g/mol. The molecular weight excluding hydrogens is 220 g/mol. The van der Waals surface area contributed by atoms with Gasteiger partial charge >= 0.3 is 0 Å². The average molecular weight is 246 g/mol. The molecular formula is C12H26O3Si. The zero-order chi connectivity index (χ0) is 12.4. The third-order valence-corrected chi connectivity index (χ3v) is 8.53. The highest BCUT2D eigenvalue weighted by Gasteiger charge is 2.38. The van der Waals surface area contributed by atoms with Crippen molar-refractivity contribution < 1.29 is 14.3 Å². The van der Waals surface area contributed by atoms with Crippen LogP contribution in [0.2, 0.25) is 18.1 Å². The lowest BCUT2D eigenvalue weighted by atomic mass is 9.92. The molecule has 1 atom stereocenters. The minimum Gasteiger partial charge on any atom is -0.416 e. The molecule has 1 N–H and O–H groups in total. The minimum atomic E-state index is -1.67. The zero-order valence-corrected chi connectivity index (χ0v) is 12.2. The van der Waals surface area contributed by atoms with Crippen molar-refractivity contribution in [2.45, 2.75) is 38.9 Å². The molecule has 1 saturated heterocycles. The highest BCUT2D eigenvalue weighted by Crippen LogP contribution is 2.37. The van der Waals surface area contributed by atoms with Crippen molar-refractivity contribution in [2.75, 3.05) is 26.4 Å². The zero-order valence-electron chi connectivity index (χ0n) is 11.2. The van der Waals surface area contributed by atoms with Gasteiger partial charge in [0.25, 0.3) is 0 Å². The van der Waals surface area contributed by atoms with Crippen molar-refractivity contribution in [2.24, 2.45) is 11.8 Å². The van der Waals surface area contributed by atoms with Gasteiger partial charge in [0.05, 0.1) is 13.2 Å². The molecule has 4 heteroatoms. The van der Waals surface area contributed by atoms with E-state index in [9.17, 15) is 5.11 Å². The molecule has 0 amide bonds. The minimum absolute atomic E-state index is 0.211. The Balaban J connectivity index is 2.42. The Bertz CT molecular complexity index is 219. The van der Waals surface area contributed by atoms with Crippen LogP contribution in [0.15, 0.2) is 0 Å². The van der Waals surface area contributed by atoms with Gasteiger partial charge in [-0.15, -0.1) is 0 Å². The Kier molecular flexibility index (Phi) is 4.57. The van der Waals surface area contributed by atoms with Crippen molar-refractivity contribution in [1.29, 1.82) is 0 Å². The van der Waals surface area contributed by atoms with E-state index in [1.165, 1.54) is 0 Å². The predicted octanol–water partition coefficient (Wildman–Crippen LogP) is 2.26. The average Bonchev–Trinajstić information content (AvgIpc) is 2.06. The predicted molar refractivity (Wildman–Crippen MR) is 68.0 cm³/mol. The second-order valence-electron chi connectivity index (χ2n) is 6.31. The lowest BCUT2D eigenvalue weighted by molar-refractivity contribution is -0.0804. The van der Waals surface area contributed by atoms with Crippen LogP contribution in [-0.4, -0.2) is 39.9 Å². The largest absolute Gasteiger partial charge is 0.416 e. The summed E-state index contributed by atoms with van der Waals surface area (Å²) in [4.78, 5) is 0. The van der Waals surface area contributed by atoms with Gasteiger partial charge < -0.3 is 14.3 Å². The van der Waals surface area contributed by atoms with Crippen molar-refractivity contribution in [3.8, 4) is 0 Å². The van der Waals surface area contributed by atoms with Crippen LogP contribution in [0.1, 0.15) is 20.8 Å². The third kappa shape index (κ3) is 3.29. The number of aliphatic hydroxyl groups is 1. The van der Waals surface area contributed by atoms with Crippen LogP contribution < -0.4 is 0 Å². The number of hydrogen-bond acceptors (Lipinski definition) is 3. The van der Waals surface area contributed by atoms with E-state index in [2.05, 4.69) is 33.9 Å². The van der Waals surface area contributed by atoms with Crippen LogP contribution in [0.25, 0.3) is 0 Å². The van der Waals surface area contributed by atoms with E-state index in [1.54, 1.807) is 0 Å². The summed E-state index contributed by atoms with van der Waals surface area (Å²) >= 11 is 0. The Morgan fingerprint density at radius 2 is 1.94 bits per heavy atom. The molecule has 1 aliphatic rings. The van der Waals surface area contributed by atoms with Gasteiger partial charge in [0.2, 0.25) is 0 Å². The Hall–Kier alpha value is 0.0969. The normalized spacial score (nSPS) is 20.6. The van der Waals surface area contributed by atoms with Gasteiger partial charge in [-0.1, -0.05) is 20.8 Å². The Morgan fingerprint density at radius 1 is 1.38 bits per heavy atom. The van der Waals surface area contributed by atoms with E-state index >= 15 is 0 Å². The van der Waals surface area contributed by atoms with E-state index in [0.29, 0.717) is 12.5 Å². The van der Waals surface area contributed by atoms with Crippen LogP contribution in [0, 0.1) is 11.8 Å². The number of aliphatic hydroxyl groups excluding tert-OH is 1. The molecule has 0 radical (unpaired) electrons. The molecule has 0 aromatic heterocycles. The summed E-state index contributed by atoms with van der Waals surface area (Å²) in [5.41, 5.74) is 0. The first kappa shape index (κ1) is 14.2. The molecule has 1 rings (SSSR count). The van der Waals surface area contributed by atoms with Gasteiger partial charge in [-0.3, -0.25) is 0 Å². The Morgan fingerprint density at radius 3 is 2.25 bits per heavy atom. The summed E-state index contributed by atoms with van der Waals surface area (Å²) in [5.74, 6) is 0.748. The fourth-order valence-electron chi connectivity index (χ4n) is 1.40. The molecule has 0 spiro atoms. The van der Waals surface area contributed by atoms with Crippen molar-refractivity contribution in [3.63, 3.8) is 0 Å². The summed E-state index contributed by atoms with van der Waals surface area (Å²) in [6.07, 6.45) is 0. The smallest absolute Gasteiger partial charge is 0.191 e. The maximum absolute atomic E-state index is 9.34. The van der Waals surface area contributed by atoms with E-state index in [1.807, 2.05) is 0 Å². The summed E-state index contributed by atoms with van der Waals surface area (Å²) in [6.45, 7) is 13.7. The molecule has 0 bridgehead atoms. The van der Waals surface area contributed by atoms with Gasteiger partial charge in [0.1, 0.15) is 0 Å². The maximum Gasteiger partial charge on any atom is 0.191 e. The maximum atomic E-state index is 9.34. The molecule has 1 heterocycles. The second kappa shape index (κ2) is 5.17. The lowest BCUT2D eigenvalue weighted by Crippen LogP contribution is -2.45. The summed E-state index contributed by atoms with van der Waals surface area (Å²) in [6, 6.07) is 0. The van der Waals surface area contributed by atoms with E-state index in [4.69, 9.17) is 9.16 Å². The van der Waals surface area contributed by atoms with Crippen LogP contribution in [0.3, 0.4) is 0 Å². The molecule has 0 aliphatic carbocycles. The molecule has 96 valence electrons. The SMILES string of the molecule is CC(C)(C)[Si](C)(C)OCC(CO)C1COC1. The molecule has 1 unspecified atom stereocenters. The Labute approximate surface area is 100 Å². The highest BCUT2D eigenvalue weighted by molar-refractivity contribution is 6.74. The van der Waals surface area contributed by atoms with Gasteiger partial charge in [-0.2, -0.15) is 0 Å². The standard InChI is InChI=1S/C12H26O3Si/c1-12(2,3)16(4,5)15-9-10(6-13)11-7-14-8-11/h10-11,13H,6-9H2,1-5H3. The van der Waals surface area contributed by atoms with Gasteiger partial charge in [0, 0.05) is 25.0 Å². The van der Waals surface area contributed by atoms with Gasteiger partial charge in [-0.25, -0.2) is 0 Å². The van der Waals surface area contributed by atoms with Crippen molar-refractivity contribution in [3.05, 3.63) is 0 Å². The van der Waals surface area contributed by atoms with Crippen molar-refractivity contribution >= 4 is 8.32 Å². The summed E-state index contributed by atoms with van der Waals surface area (Å²) in [7, 11) is -1.67. The highest BCUT2D eigenvalue weighted by atomic mass is 28.4. The van der Waals surface area contributed by atoms with Crippen LogP contribution in [0.4, 0.5) is 0 Å². The molecule has 1 fully saturated rings. The number of hydrogen-bond donors (Lipinski definition) is 1. The first-order valence-electron chi connectivity index (χ1n) is 6.10. The fraction of sp³-hybridized carbons (Fsp3) is 1.00. The quantitative estimate of drug-likeness (QED) is 0.756. The third-order valence-electron chi connectivity index (χ3n) is 4.03. The number of rotatable bonds is 5. The molecule has 1 aliphatic heterocycles. The fourth-order valence-corrected chi connectivity index (χ4v) is 2.46. The lowest BCUT2D eigenvalue weighted by Gasteiger charge is -2.39. The summed E-state index contributed by atoms with van der Waals surface area (Å²) < 4.78 is 11.3. The first-order valence-corrected chi connectivity index (χ1v) is 9.01. The number of ether oxygens (including phenoxy) is 1. The van der Waals surface area contributed by atoms with Gasteiger partial charge in [0.15, 0.2) is 8.32 Å². The van der Waals surface area contributed by atoms with Crippen LogP contribution in [-0.2, 0) is 9.16 Å². The van der Waals surface area contributed by atoms with Crippen LogP contribution >= 0.6 is 0 Å². The topological polar surface area (TPSA) is 38.7 Å². The van der Waals surface area contributed by atoms with E-state index in [0.717, 1.165) is 13.2 Å². The molecule has 0 saturated carbocycles. The second-order valence-corrected chi connectivity index (χ2v) is 11.1. The van der Waals surface area contributed by atoms with E-state index < -0.39 is 8.32 Å². The molecule has 16 heavy (non-hydrogen) atoms.